The SMILES string of the molecule is Brc1ccnc(-c2cc(Br)cc(-c3ncn[nH]3)n2)c1.Brc1ccnc(-c2cc(Br)cc(-c3ncn[nH]3)n2)c1.Brc1ccnc(-c2cc(Br)cc(-c3ncn[nH]3)n2)c1.[Tb]. The standard InChI is InChI=1S/3C12H7Br2N5.Tb/c3*13-7-1-2-15-9(3-7)10-4-8(14)5-11(18-10)12-16-6-17-19-12;/h3*1-6H,(H,16,17,19);. The summed E-state index contributed by atoms with van der Waals surface area (Å²) in [7, 11) is 0. The summed E-state index contributed by atoms with van der Waals surface area (Å²) in [6, 6.07) is 22.7. The van der Waals surface area contributed by atoms with Gasteiger partial charge in [0, 0.05) is 84.0 Å². The van der Waals surface area contributed by atoms with Crippen molar-refractivity contribution < 1.29 is 38.6 Å². The minimum atomic E-state index is 0. The van der Waals surface area contributed by atoms with Gasteiger partial charge in [0.1, 0.15) is 36.1 Å². The van der Waals surface area contributed by atoms with Crippen LogP contribution >= 0.6 is 95.6 Å². The first kappa shape index (κ1) is 44.0. The number of aromatic amines is 3. The van der Waals surface area contributed by atoms with Gasteiger partial charge >= 0.3 is 0 Å². The van der Waals surface area contributed by atoms with E-state index in [2.05, 4.69) is 171 Å². The molecule has 9 rings (SSSR count). The molecule has 291 valence electrons. The van der Waals surface area contributed by atoms with Gasteiger partial charge in [-0.15, -0.1) is 0 Å². The summed E-state index contributed by atoms with van der Waals surface area (Å²) in [6.07, 6.45) is 9.56. The molecular formula is C36H21Br6N15Tb. The maximum Gasteiger partial charge on any atom is 0.174 e. The van der Waals surface area contributed by atoms with Gasteiger partial charge in [0.15, 0.2) is 17.5 Å². The normalized spacial score (nSPS) is 10.4. The van der Waals surface area contributed by atoms with Crippen molar-refractivity contribution in [3.63, 3.8) is 0 Å². The molecule has 9 heterocycles. The Bertz CT molecular complexity index is 2440. The summed E-state index contributed by atoms with van der Waals surface area (Å²) in [6.45, 7) is 0. The van der Waals surface area contributed by atoms with Crippen LogP contribution in [0.2, 0.25) is 0 Å². The minimum Gasteiger partial charge on any atom is -0.258 e. The Morgan fingerprint density at radius 1 is 0.310 bits per heavy atom. The van der Waals surface area contributed by atoms with Crippen molar-refractivity contribution in [3.05, 3.63) is 137 Å². The molecular weight excluding hydrogens is 1280 g/mol. The molecule has 0 saturated carbocycles. The Morgan fingerprint density at radius 2 is 0.569 bits per heavy atom. The molecule has 0 bridgehead atoms. The number of pyridine rings is 6. The molecule has 0 saturated heterocycles. The van der Waals surface area contributed by atoms with E-state index in [4.69, 9.17) is 0 Å². The van der Waals surface area contributed by atoms with Crippen molar-refractivity contribution in [2.45, 2.75) is 0 Å². The number of nitrogens with zero attached hydrogens (tertiary/aromatic N) is 12. The Labute approximate surface area is 410 Å². The van der Waals surface area contributed by atoms with Crippen LogP contribution < -0.4 is 0 Å². The summed E-state index contributed by atoms with van der Waals surface area (Å²) in [5, 5.41) is 19.9. The Kier molecular flexibility index (Phi) is 16.1. The van der Waals surface area contributed by atoms with Crippen LogP contribution in [0, 0.1) is 38.6 Å². The predicted molar refractivity (Wildman–Crippen MR) is 235 cm³/mol. The third kappa shape index (κ3) is 12.0. The number of rotatable bonds is 6. The average molecular weight is 1300 g/mol. The smallest absolute Gasteiger partial charge is 0.174 e. The molecule has 22 heteroatoms. The van der Waals surface area contributed by atoms with Gasteiger partial charge in [0.05, 0.1) is 34.2 Å². The van der Waals surface area contributed by atoms with Gasteiger partial charge in [-0.25, -0.2) is 29.9 Å². The molecule has 9 aromatic heterocycles. The van der Waals surface area contributed by atoms with Crippen LogP contribution in [0.4, 0.5) is 0 Å². The van der Waals surface area contributed by atoms with Crippen LogP contribution in [0.5, 0.6) is 0 Å². The quantitative estimate of drug-likeness (QED) is 0.142. The number of aromatic nitrogens is 15. The van der Waals surface area contributed by atoms with Crippen molar-refractivity contribution >= 4 is 95.6 Å². The number of halogens is 6. The van der Waals surface area contributed by atoms with E-state index in [1.165, 1.54) is 19.0 Å². The number of hydrogen-bond acceptors (Lipinski definition) is 12. The molecule has 0 aliphatic carbocycles. The second kappa shape index (κ2) is 21.1. The van der Waals surface area contributed by atoms with Gasteiger partial charge in [0.2, 0.25) is 0 Å². The first-order valence-electron chi connectivity index (χ1n) is 16.1. The summed E-state index contributed by atoms with van der Waals surface area (Å²) in [4.78, 5) is 38.9. The zero-order chi connectivity index (χ0) is 39.7. The molecule has 0 spiro atoms. The van der Waals surface area contributed by atoms with Crippen molar-refractivity contribution in [2.75, 3.05) is 0 Å². The third-order valence-corrected chi connectivity index (χ3v) is 10.1. The van der Waals surface area contributed by atoms with Gasteiger partial charge in [-0.3, -0.25) is 30.2 Å². The summed E-state index contributed by atoms with van der Waals surface area (Å²) in [5.41, 5.74) is 6.80. The van der Waals surface area contributed by atoms with Gasteiger partial charge in [-0.05, 0) is 72.8 Å². The summed E-state index contributed by atoms with van der Waals surface area (Å²) >= 11 is 20.7. The van der Waals surface area contributed by atoms with E-state index in [0.29, 0.717) is 34.6 Å². The van der Waals surface area contributed by atoms with Crippen LogP contribution in [0.1, 0.15) is 0 Å². The van der Waals surface area contributed by atoms with E-state index in [9.17, 15) is 0 Å². The molecule has 3 N–H and O–H groups in total. The number of nitrogens with one attached hydrogen (secondary N) is 3. The zero-order valence-corrected chi connectivity index (χ0v) is 40.5. The molecule has 9 aromatic rings. The molecule has 15 nitrogen and oxygen atoms in total. The van der Waals surface area contributed by atoms with Gasteiger partial charge in [-0.2, -0.15) is 15.3 Å². The van der Waals surface area contributed by atoms with Crippen molar-refractivity contribution in [2.24, 2.45) is 0 Å². The van der Waals surface area contributed by atoms with E-state index in [0.717, 1.165) is 61.0 Å². The van der Waals surface area contributed by atoms with E-state index >= 15 is 0 Å². The molecule has 0 aliphatic rings. The maximum atomic E-state index is 4.54. The minimum absolute atomic E-state index is 0. The fraction of sp³-hybridized carbons (Fsp3) is 0. The van der Waals surface area contributed by atoms with Crippen molar-refractivity contribution in [1.82, 2.24) is 75.4 Å². The number of hydrogen-bond donors (Lipinski definition) is 3. The van der Waals surface area contributed by atoms with Crippen LogP contribution in [0.15, 0.2) is 137 Å². The fourth-order valence-corrected chi connectivity index (χ4v) is 7.18. The fourth-order valence-electron chi connectivity index (χ4n) is 4.87. The molecule has 0 aliphatic heterocycles. The average Bonchev–Trinajstić information content (AvgIpc) is 4.03. The molecule has 0 aromatic carbocycles. The van der Waals surface area contributed by atoms with Crippen LogP contribution in [0.25, 0.3) is 68.7 Å². The first-order chi connectivity index (χ1) is 27.7. The zero-order valence-electron chi connectivity index (χ0n) is 28.9. The summed E-state index contributed by atoms with van der Waals surface area (Å²) in [5.74, 6) is 1.87. The second-order valence-corrected chi connectivity index (χ2v) is 16.7. The first-order valence-corrected chi connectivity index (χ1v) is 20.9. The maximum absolute atomic E-state index is 4.54. The van der Waals surface area contributed by atoms with E-state index < -0.39 is 0 Å². The molecule has 0 atom stereocenters. The third-order valence-electron chi connectivity index (χ3n) is 7.30. The van der Waals surface area contributed by atoms with E-state index in [1.807, 2.05) is 72.8 Å². The van der Waals surface area contributed by atoms with Crippen LogP contribution in [0.3, 0.4) is 0 Å². The molecule has 1 radical (unpaired) electrons. The monoisotopic (exact) mass is 1300 g/mol. The molecule has 58 heavy (non-hydrogen) atoms. The molecule has 0 unspecified atom stereocenters. The second-order valence-electron chi connectivity index (χ2n) is 11.2. The summed E-state index contributed by atoms with van der Waals surface area (Å²) < 4.78 is 5.60. The Balaban J connectivity index is 0.000000145. The molecule has 0 fully saturated rings. The van der Waals surface area contributed by atoms with Crippen LogP contribution in [-0.2, 0) is 0 Å². The molecule has 0 amide bonds. The van der Waals surface area contributed by atoms with E-state index in [-0.39, 0.29) is 38.6 Å². The van der Waals surface area contributed by atoms with Gasteiger partial charge in [0.25, 0.3) is 0 Å². The number of H-pyrrole nitrogens is 3. The Morgan fingerprint density at radius 3 is 0.810 bits per heavy atom. The predicted octanol–water partition coefficient (Wildman–Crippen LogP) is 10.4. The topological polar surface area (TPSA) is 202 Å². The van der Waals surface area contributed by atoms with E-state index in [1.54, 1.807) is 18.6 Å². The van der Waals surface area contributed by atoms with Gasteiger partial charge < -0.3 is 0 Å². The Hall–Kier alpha value is -3.51. The van der Waals surface area contributed by atoms with Crippen LogP contribution in [-0.4, -0.2) is 75.4 Å². The van der Waals surface area contributed by atoms with Gasteiger partial charge in [-0.1, -0.05) is 95.6 Å². The van der Waals surface area contributed by atoms with Crippen molar-refractivity contribution in [3.8, 4) is 68.7 Å². The largest absolute Gasteiger partial charge is 0.258 e. The van der Waals surface area contributed by atoms with Crippen molar-refractivity contribution in [1.29, 1.82) is 0 Å².